The van der Waals surface area contributed by atoms with Crippen LogP contribution in [0.3, 0.4) is 0 Å². The third kappa shape index (κ3) is 4.78. The maximum Gasteiger partial charge on any atom is 0.234 e. The highest BCUT2D eigenvalue weighted by molar-refractivity contribution is 8.01. The minimum atomic E-state index is -0.311. The molecule has 1 aromatic heterocycles. The molecule has 0 aliphatic heterocycles. The number of nitrogens with zero attached hydrogens (tertiary/aromatic N) is 2. The van der Waals surface area contributed by atoms with Crippen molar-refractivity contribution < 1.29 is 9.18 Å². The summed E-state index contributed by atoms with van der Waals surface area (Å²) in [6.07, 6.45) is 0.919. The summed E-state index contributed by atoms with van der Waals surface area (Å²) in [5, 5.41) is 7.30. The molecule has 2 aromatic carbocycles. The summed E-state index contributed by atoms with van der Waals surface area (Å²) in [5.41, 5.74) is 2.66. The van der Waals surface area contributed by atoms with Gasteiger partial charge in [0.15, 0.2) is 8.29 Å². The predicted molar refractivity (Wildman–Crippen MR) is 107 cm³/mol. The normalized spacial score (nSPS) is 10.7. The van der Waals surface area contributed by atoms with E-state index in [0.717, 1.165) is 12.1 Å². The Hall–Kier alpha value is -2.03. The lowest BCUT2D eigenvalue weighted by atomic mass is 10.1. The number of amides is 1. The van der Waals surface area contributed by atoms with E-state index in [2.05, 4.69) is 17.3 Å². The number of hydrogen-bond acceptors (Lipinski definition) is 5. The first-order chi connectivity index (χ1) is 12.5. The average Bonchev–Trinajstić information content (AvgIpc) is 3.01. The van der Waals surface area contributed by atoms with Gasteiger partial charge in [-0.15, -0.1) is 5.10 Å². The number of aromatic nitrogens is 2. The monoisotopic (exact) mass is 405 g/mol. The van der Waals surface area contributed by atoms with E-state index >= 15 is 0 Å². The van der Waals surface area contributed by atoms with Crippen molar-refractivity contribution in [2.45, 2.75) is 17.7 Å². The molecule has 0 saturated heterocycles. The SMILES string of the molecule is CCc1cccc(NC(=O)CSc2nn(-c3ccc(F)cc3)c(=S)s2)c1. The van der Waals surface area contributed by atoms with Crippen LogP contribution in [-0.4, -0.2) is 21.4 Å². The van der Waals surface area contributed by atoms with Crippen LogP contribution >= 0.6 is 35.3 Å². The van der Waals surface area contributed by atoms with Crippen LogP contribution in [0.25, 0.3) is 5.69 Å². The largest absolute Gasteiger partial charge is 0.325 e. The van der Waals surface area contributed by atoms with E-state index in [9.17, 15) is 9.18 Å². The molecular formula is C18H16FN3OS3. The Morgan fingerprint density at radius 2 is 2.08 bits per heavy atom. The van der Waals surface area contributed by atoms with Crippen molar-refractivity contribution in [2.75, 3.05) is 11.1 Å². The zero-order valence-electron chi connectivity index (χ0n) is 13.9. The minimum Gasteiger partial charge on any atom is -0.325 e. The first-order valence-electron chi connectivity index (χ1n) is 7.93. The average molecular weight is 406 g/mol. The number of anilines is 1. The molecule has 8 heteroatoms. The third-order valence-corrected chi connectivity index (χ3v) is 5.91. The van der Waals surface area contributed by atoms with Gasteiger partial charge in [0.25, 0.3) is 0 Å². The second kappa shape index (κ2) is 8.57. The highest BCUT2D eigenvalue weighted by Gasteiger charge is 2.10. The van der Waals surface area contributed by atoms with Gasteiger partial charge in [0.2, 0.25) is 5.91 Å². The smallest absolute Gasteiger partial charge is 0.234 e. The van der Waals surface area contributed by atoms with Gasteiger partial charge >= 0.3 is 0 Å². The van der Waals surface area contributed by atoms with Crippen molar-refractivity contribution in [3.8, 4) is 5.69 Å². The summed E-state index contributed by atoms with van der Waals surface area (Å²) in [4.78, 5) is 12.2. The molecule has 3 rings (SSSR count). The molecular weight excluding hydrogens is 389 g/mol. The molecule has 0 aliphatic carbocycles. The Balaban J connectivity index is 1.63. The van der Waals surface area contributed by atoms with Gasteiger partial charge in [-0.25, -0.2) is 9.07 Å². The van der Waals surface area contributed by atoms with Crippen LogP contribution in [0.4, 0.5) is 10.1 Å². The van der Waals surface area contributed by atoms with E-state index in [1.807, 2.05) is 24.3 Å². The molecule has 0 spiro atoms. The molecule has 4 nitrogen and oxygen atoms in total. The van der Waals surface area contributed by atoms with Crippen LogP contribution in [0, 0.1) is 9.77 Å². The molecule has 0 fully saturated rings. The number of rotatable bonds is 6. The fraction of sp³-hybridized carbons (Fsp3) is 0.167. The zero-order valence-corrected chi connectivity index (χ0v) is 16.4. The molecule has 1 amide bonds. The van der Waals surface area contributed by atoms with Crippen LogP contribution in [0.1, 0.15) is 12.5 Å². The first-order valence-corrected chi connectivity index (χ1v) is 10.1. The number of nitrogens with one attached hydrogen (secondary N) is 1. The Kier molecular flexibility index (Phi) is 6.18. The molecule has 0 radical (unpaired) electrons. The van der Waals surface area contributed by atoms with E-state index in [1.165, 1.54) is 40.8 Å². The highest BCUT2D eigenvalue weighted by atomic mass is 32.2. The zero-order chi connectivity index (χ0) is 18.5. The summed E-state index contributed by atoms with van der Waals surface area (Å²) in [6.45, 7) is 2.07. The van der Waals surface area contributed by atoms with Crippen LogP contribution < -0.4 is 5.32 Å². The fourth-order valence-electron chi connectivity index (χ4n) is 2.26. The van der Waals surface area contributed by atoms with Gasteiger partial charge in [0.05, 0.1) is 11.4 Å². The van der Waals surface area contributed by atoms with E-state index in [4.69, 9.17) is 12.2 Å². The Morgan fingerprint density at radius 3 is 2.81 bits per heavy atom. The van der Waals surface area contributed by atoms with Crippen LogP contribution in [-0.2, 0) is 11.2 Å². The van der Waals surface area contributed by atoms with Gasteiger partial charge in [-0.3, -0.25) is 4.79 Å². The van der Waals surface area contributed by atoms with Gasteiger partial charge in [-0.1, -0.05) is 42.2 Å². The van der Waals surface area contributed by atoms with Gasteiger partial charge in [-0.2, -0.15) is 0 Å². The van der Waals surface area contributed by atoms with Crippen LogP contribution in [0.5, 0.6) is 0 Å². The summed E-state index contributed by atoms with van der Waals surface area (Å²) < 4.78 is 15.9. The maximum absolute atomic E-state index is 13.0. The van der Waals surface area contributed by atoms with Gasteiger partial charge in [0.1, 0.15) is 5.82 Å². The molecule has 1 heterocycles. The van der Waals surface area contributed by atoms with Crippen molar-refractivity contribution >= 4 is 46.9 Å². The number of benzene rings is 2. The third-order valence-electron chi connectivity index (χ3n) is 3.55. The first kappa shape index (κ1) is 18.8. The van der Waals surface area contributed by atoms with E-state index < -0.39 is 0 Å². The maximum atomic E-state index is 13.0. The van der Waals surface area contributed by atoms with Crippen molar-refractivity contribution in [2.24, 2.45) is 0 Å². The molecule has 0 atom stereocenters. The number of aryl methyl sites for hydroxylation is 1. The lowest BCUT2D eigenvalue weighted by Crippen LogP contribution is -2.14. The van der Waals surface area contributed by atoms with Crippen molar-refractivity contribution in [1.29, 1.82) is 0 Å². The second-order valence-corrected chi connectivity index (χ2v) is 8.26. The molecule has 0 unspecified atom stereocenters. The Labute approximate surface area is 164 Å². The lowest BCUT2D eigenvalue weighted by Gasteiger charge is -2.05. The van der Waals surface area contributed by atoms with Gasteiger partial charge < -0.3 is 5.32 Å². The minimum absolute atomic E-state index is 0.0993. The summed E-state index contributed by atoms with van der Waals surface area (Å²) >= 11 is 7.96. The Bertz CT molecular complexity index is 966. The molecule has 0 bridgehead atoms. The van der Waals surface area contributed by atoms with Crippen molar-refractivity contribution in [1.82, 2.24) is 9.78 Å². The lowest BCUT2D eigenvalue weighted by molar-refractivity contribution is -0.113. The summed E-state index contributed by atoms with van der Waals surface area (Å²) in [7, 11) is 0. The Morgan fingerprint density at radius 1 is 1.31 bits per heavy atom. The van der Waals surface area contributed by atoms with Gasteiger partial charge in [-0.05, 0) is 60.6 Å². The number of carbonyl (C=O) groups excluding carboxylic acids is 1. The highest BCUT2D eigenvalue weighted by Crippen LogP contribution is 2.24. The number of halogens is 1. The van der Waals surface area contributed by atoms with E-state index in [0.29, 0.717) is 14.0 Å². The summed E-state index contributed by atoms with van der Waals surface area (Å²) in [6, 6.07) is 13.8. The van der Waals surface area contributed by atoms with Crippen molar-refractivity contribution in [3.05, 3.63) is 63.9 Å². The second-order valence-electron chi connectivity index (χ2n) is 5.41. The van der Waals surface area contributed by atoms with Crippen LogP contribution in [0.2, 0.25) is 0 Å². The van der Waals surface area contributed by atoms with E-state index in [1.54, 1.807) is 16.8 Å². The molecule has 0 saturated carbocycles. The van der Waals surface area contributed by atoms with Crippen LogP contribution in [0.15, 0.2) is 52.9 Å². The quantitative estimate of drug-likeness (QED) is 0.458. The summed E-state index contributed by atoms with van der Waals surface area (Å²) in [5.74, 6) is -0.172. The molecule has 26 heavy (non-hydrogen) atoms. The van der Waals surface area contributed by atoms with Crippen molar-refractivity contribution in [3.63, 3.8) is 0 Å². The standard InChI is InChI=1S/C18H16FN3OS3/c1-2-12-4-3-5-14(10-12)20-16(23)11-25-17-21-22(18(24)26-17)15-8-6-13(19)7-9-15/h3-10H,2,11H2,1H3,(H,20,23). The molecule has 1 N–H and O–H groups in total. The van der Waals surface area contributed by atoms with Gasteiger partial charge in [0, 0.05) is 5.69 Å². The number of hydrogen-bond donors (Lipinski definition) is 1. The van der Waals surface area contributed by atoms with E-state index in [-0.39, 0.29) is 17.5 Å². The predicted octanol–water partition coefficient (Wildman–Crippen LogP) is 5.10. The number of thioether (sulfide) groups is 1. The topological polar surface area (TPSA) is 46.9 Å². The number of carbonyl (C=O) groups is 1. The molecule has 134 valence electrons. The molecule has 3 aromatic rings. The molecule has 0 aliphatic rings. The fourth-order valence-corrected chi connectivity index (χ4v) is 4.42.